The molecule has 0 saturated heterocycles. The molecule has 0 bridgehead atoms. The van der Waals surface area contributed by atoms with E-state index in [0.29, 0.717) is 0 Å². The van der Waals surface area contributed by atoms with Crippen molar-refractivity contribution >= 4 is 28.5 Å². The van der Waals surface area contributed by atoms with Crippen LogP contribution in [0.3, 0.4) is 0 Å². The highest BCUT2D eigenvalue weighted by Gasteiger charge is 1.89. The first-order valence-corrected chi connectivity index (χ1v) is 3.53. The Kier molecular flexibility index (Phi) is 4.35. The summed E-state index contributed by atoms with van der Waals surface area (Å²) in [5.41, 5.74) is 4.94. The fourth-order valence-corrected chi connectivity index (χ4v) is 0.678. The van der Waals surface area contributed by atoms with Crippen molar-refractivity contribution in [3.05, 3.63) is 11.2 Å². The van der Waals surface area contributed by atoms with Gasteiger partial charge in [0.15, 0.2) is 5.17 Å². The molecule has 9 heavy (non-hydrogen) atoms. The summed E-state index contributed by atoms with van der Waals surface area (Å²) >= 11 is 6.12. The number of allylic oxidation sites excluding steroid dienone is 1. The van der Waals surface area contributed by atoms with Crippen molar-refractivity contribution in [1.82, 2.24) is 0 Å². The van der Waals surface area contributed by atoms with E-state index in [-0.39, 0.29) is 16.8 Å². The van der Waals surface area contributed by atoms with Crippen LogP contribution >= 0.6 is 23.4 Å². The van der Waals surface area contributed by atoms with Gasteiger partial charge >= 0.3 is 0 Å². The molecule has 0 aliphatic rings. The first-order chi connectivity index (χ1) is 4.16. The van der Waals surface area contributed by atoms with Gasteiger partial charge in [0.1, 0.15) is 5.76 Å². The molecule has 0 amide bonds. The van der Waals surface area contributed by atoms with E-state index in [1.165, 1.54) is 5.41 Å². The van der Waals surface area contributed by atoms with Crippen LogP contribution in [-0.4, -0.2) is 16.2 Å². The molecule has 3 nitrogen and oxygen atoms in total. The third-order valence-electron chi connectivity index (χ3n) is 0.459. The Hall–Kier alpha value is -0.350. The molecule has 0 aromatic carbocycles. The van der Waals surface area contributed by atoms with Crippen molar-refractivity contribution in [3.63, 3.8) is 0 Å². The molecule has 0 rings (SSSR count). The van der Waals surface area contributed by atoms with E-state index in [4.69, 9.17) is 27.9 Å². The van der Waals surface area contributed by atoms with Crippen LogP contribution in [0.4, 0.5) is 0 Å². The van der Waals surface area contributed by atoms with Gasteiger partial charge in [-0.05, 0) is 0 Å². The van der Waals surface area contributed by atoms with Crippen molar-refractivity contribution < 1.29 is 5.11 Å². The average Bonchev–Trinajstić information content (AvgIpc) is 1.83. The minimum atomic E-state index is -0.0633. The normalized spacial score (nSPS) is 11.4. The van der Waals surface area contributed by atoms with Crippen LogP contribution in [0.15, 0.2) is 11.2 Å². The smallest absolute Gasteiger partial charge is 0.155 e. The Morgan fingerprint density at radius 1 is 1.89 bits per heavy atom. The van der Waals surface area contributed by atoms with Crippen LogP contribution in [-0.2, 0) is 0 Å². The summed E-state index contributed by atoms with van der Waals surface area (Å²) in [6.07, 6.45) is 0. The second-order valence-electron chi connectivity index (χ2n) is 1.22. The zero-order valence-electron chi connectivity index (χ0n) is 4.60. The van der Waals surface area contributed by atoms with Gasteiger partial charge in [-0.2, -0.15) is 0 Å². The van der Waals surface area contributed by atoms with E-state index < -0.39 is 0 Å². The molecule has 0 aromatic heterocycles. The molecular formula is C4H7ClN2OS. The molecule has 5 heteroatoms. The predicted octanol–water partition coefficient (Wildman–Crippen LogP) is 1.25. The zero-order chi connectivity index (χ0) is 7.28. The standard InChI is InChI=1S/C4H7ClN2OS/c5-1-3(8)2-9-4(6)7/h2,8H,1H2,(H3,6,7)/b3-2+. The van der Waals surface area contributed by atoms with Gasteiger partial charge in [0, 0.05) is 5.41 Å². The van der Waals surface area contributed by atoms with Crippen LogP contribution in [0.1, 0.15) is 0 Å². The number of alkyl halides is 1. The Labute approximate surface area is 62.4 Å². The van der Waals surface area contributed by atoms with Gasteiger partial charge in [-0.1, -0.05) is 11.8 Å². The van der Waals surface area contributed by atoms with Crippen molar-refractivity contribution in [2.24, 2.45) is 5.73 Å². The molecule has 0 spiro atoms. The summed E-state index contributed by atoms with van der Waals surface area (Å²) in [4.78, 5) is 0. The molecule has 0 aromatic rings. The van der Waals surface area contributed by atoms with Crippen molar-refractivity contribution in [1.29, 1.82) is 5.41 Å². The zero-order valence-corrected chi connectivity index (χ0v) is 6.17. The molecule has 0 heterocycles. The summed E-state index contributed by atoms with van der Waals surface area (Å²) in [5.74, 6) is 0.0807. The number of nitrogens with one attached hydrogen (secondary N) is 1. The van der Waals surface area contributed by atoms with Crippen molar-refractivity contribution in [2.45, 2.75) is 0 Å². The number of hydrogen-bond donors (Lipinski definition) is 3. The van der Waals surface area contributed by atoms with Gasteiger partial charge in [0.25, 0.3) is 0 Å². The molecule has 0 aliphatic heterocycles. The summed E-state index contributed by atoms with van der Waals surface area (Å²) < 4.78 is 0. The lowest BCUT2D eigenvalue weighted by Crippen LogP contribution is -2.01. The number of hydrogen-bond acceptors (Lipinski definition) is 3. The van der Waals surface area contributed by atoms with Gasteiger partial charge in [-0.15, -0.1) is 11.6 Å². The maximum absolute atomic E-state index is 8.66. The minimum absolute atomic E-state index is 0.0249. The summed E-state index contributed by atoms with van der Waals surface area (Å²) in [6.45, 7) is 0. The van der Waals surface area contributed by atoms with Gasteiger partial charge in [-0.25, -0.2) is 0 Å². The highest BCUT2D eigenvalue weighted by molar-refractivity contribution is 8.16. The molecule has 0 unspecified atom stereocenters. The monoisotopic (exact) mass is 166 g/mol. The Morgan fingerprint density at radius 2 is 2.44 bits per heavy atom. The van der Waals surface area contributed by atoms with E-state index in [9.17, 15) is 0 Å². The summed E-state index contributed by atoms with van der Waals surface area (Å²) in [6, 6.07) is 0. The largest absolute Gasteiger partial charge is 0.510 e. The third kappa shape index (κ3) is 5.52. The molecule has 0 aliphatic carbocycles. The second-order valence-corrected chi connectivity index (χ2v) is 2.40. The molecule has 4 N–H and O–H groups in total. The van der Waals surface area contributed by atoms with Crippen molar-refractivity contribution in [3.8, 4) is 0 Å². The number of nitrogens with two attached hydrogens (primary N) is 1. The van der Waals surface area contributed by atoms with Crippen LogP contribution in [0, 0.1) is 5.41 Å². The predicted molar refractivity (Wildman–Crippen MR) is 40.9 cm³/mol. The maximum atomic E-state index is 8.66. The number of halogens is 1. The molecule has 0 radical (unpaired) electrons. The number of aliphatic hydroxyl groups is 1. The van der Waals surface area contributed by atoms with E-state index in [1.54, 1.807) is 0 Å². The molecule has 0 atom stereocenters. The van der Waals surface area contributed by atoms with Crippen LogP contribution in [0.25, 0.3) is 0 Å². The highest BCUT2D eigenvalue weighted by atomic mass is 35.5. The number of aliphatic hydroxyl groups excluding tert-OH is 1. The van der Waals surface area contributed by atoms with Gasteiger partial charge in [0.05, 0.1) is 5.88 Å². The van der Waals surface area contributed by atoms with Gasteiger partial charge in [0.2, 0.25) is 0 Å². The van der Waals surface area contributed by atoms with E-state index in [2.05, 4.69) is 0 Å². The first kappa shape index (κ1) is 8.65. The Balaban J connectivity index is 3.56. The van der Waals surface area contributed by atoms with Crippen LogP contribution in [0.5, 0.6) is 0 Å². The number of rotatable bonds is 2. The fourth-order valence-electron chi connectivity index (χ4n) is 0.163. The lowest BCUT2D eigenvalue weighted by atomic mass is 10.7. The van der Waals surface area contributed by atoms with E-state index in [0.717, 1.165) is 11.8 Å². The molecule has 52 valence electrons. The average molecular weight is 167 g/mol. The Bertz CT molecular complexity index is 137. The van der Waals surface area contributed by atoms with E-state index in [1.807, 2.05) is 0 Å². The van der Waals surface area contributed by atoms with Gasteiger partial charge in [-0.3, -0.25) is 5.41 Å². The number of thioether (sulfide) groups is 1. The lowest BCUT2D eigenvalue weighted by Gasteiger charge is -1.90. The highest BCUT2D eigenvalue weighted by Crippen LogP contribution is 2.04. The van der Waals surface area contributed by atoms with Crippen molar-refractivity contribution in [2.75, 3.05) is 5.88 Å². The molecule has 0 fully saturated rings. The molecule has 0 saturated carbocycles. The van der Waals surface area contributed by atoms with E-state index >= 15 is 0 Å². The quantitative estimate of drug-likeness (QED) is 0.250. The van der Waals surface area contributed by atoms with Gasteiger partial charge < -0.3 is 10.8 Å². The lowest BCUT2D eigenvalue weighted by molar-refractivity contribution is 0.418. The fraction of sp³-hybridized carbons (Fsp3) is 0.250. The Morgan fingerprint density at radius 3 is 2.78 bits per heavy atom. The molecular weight excluding hydrogens is 160 g/mol. The minimum Gasteiger partial charge on any atom is -0.510 e. The van der Waals surface area contributed by atoms with Crippen LogP contribution < -0.4 is 5.73 Å². The second kappa shape index (κ2) is 4.52. The number of amidine groups is 1. The van der Waals surface area contributed by atoms with Crippen LogP contribution in [0.2, 0.25) is 0 Å². The third-order valence-corrected chi connectivity index (χ3v) is 1.38. The first-order valence-electron chi connectivity index (χ1n) is 2.11. The SMILES string of the molecule is N=C(N)S/C=C(/O)CCl. The topological polar surface area (TPSA) is 70.1 Å². The maximum Gasteiger partial charge on any atom is 0.155 e. The summed E-state index contributed by atoms with van der Waals surface area (Å²) in [5, 5.41) is 16.6. The summed E-state index contributed by atoms with van der Waals surface area (Å²) in [7, 11) is 0.